The lowest BCUT2D eigenvalue weighted by atomic mass is 10.0. The highest BCUT2D eigenvalue weighted by Gasteiger charge is 2.22. The molecule has 2 N–H and O–H groups in total. The van der Waals surface area contributed by atoms with Crippen molar-refractivity contribution in [2.24, 2.45) is 0 Å². The van der Waals surface area contributed by atoms with Gasteiger partial charge in [0.15, 0.2) is 9.84 Å². The number of hydrogen-bond acceptors (Lipinski definition) is 6. The van der Waals surface area contributed by atoms with Gasteiger partial charge in [-0.05, 0) is 25.5 Å². The van der Waals surface area contributed by atoms with E-state index < -0.39 is 20.4 Å². The van der Waals surface area contributed by atoms with Crippen molar-refractivity contribution in [1.82, 2.24) is 0 Å². The summed E-state index contributed by atoms with van der Waals surface area (Å²) in [6.45, 7) is 3.53. The molecule has 0 aromatic heterocycles. The number of aliphatic hydroxyl groups is 1. The zero-order valence-electron chi connectivity index (χ0n) is 11.6. The van der Waals surface area contributed by atoms with Crippen LogP contribution in [0.3, 0.4) is 0 Å². The Kier molecular flexibility index (Phi) is 4.72. The third-order valence-corrected chi connectivity index (χ3v) is 4.13. The van der Waals surface area contributed by atoms with E-state index in [4.69, 9.17) is 0 Å². The van der Waals surface area contributed by atoms with E-state index in [1.165, 1.54) is 12.1 Å². The van der Waals surface area contributed by atoms with Crippen LogP contribution in [0.1, 0.15) is 20.3 Å². The predicted octanol–water partition coefficient (Wildman–Crippen LogP) is 1.57. The zero-order chi connectivity index (χ0) is 15.6. The molecule has 0 saturated heterocycles. The summed E-state index contributed by atoms with van der Waals surface area (Å²) in [6.07, 6.45) is 1.47. The lowest BCUT2D eigenvalue weighted by Crippen LogP contribution is -2.32. The third-order valence-electron chi connectivity index (χ3n) is 3.02. The summed E-state index contributed by atoms with van der Waals surface area (Å²) in [5.74, 6) is 0. The summed E-state index contributed by atoms with van der Waals surface area (Å²) < 4.78 is 22.8. The molecule has 8 heteroatoms. The molecular weight excluding hydrogens is 284 g/mol. The van der Waals surface area contributed by atoms with Gasteiger partial charge < -0.3 is 10.4 Å². The molecule has 1 aromatic carbocycles. The molecule has 20 heavy (non-hydrogen) atoms. The van der Waals surface area contributed by atoms with Crippen LogP contribution < -0.4 is 5.32 Å². The molecule has 0 heterocycles. The van der Waals surface area contributed by atoms with Gasteiger partial charge in [-0.25, -0.2) is 8.42 Å². The molecule has 0 aliphatic carbocycles. The normalized spacial score (nSPS) is 14.6. The molecule has 7 nitrogen and oxygen atoms in total. The summed E-state index contributed by atoms with van der Waals surface area (Å²) in [7, 11) is -3.51. The minimum absolute atomic E-state index is 0.114. The van der Waals surface area contributed by atoms with Crippen LogP contribution in [0, 0.1) is 10.1 Å². The summed E-state index contributed by atoms with van der Waals surface area (Å²) >= 11 is 0. The number of nitro benzene ring substituents is 1. The summed E-state index contributed by atoms with van der Waals surface area (Å²) in [5, 5.41) is 23.7. The standard InChI is InChI=1S/C12H18N2O5S/c1-4-12(2,15)8-13-10-6-5-9(20(3,18)19)7-11(10)14(16)17/h5-7,13,15H,4,8H2,1-3H3/t12-/m0/s1. The van der Waals surface area contributed by atoms with Gasteiger partial charge in [-0.15, -0.1) is 0 Å². The monoisotopic (exact) mass is 302 g/mol. The molecular formula is C12H18N2O5S. The second-order valence-corrected chi connectivity index (χ2v) is 6.93. The van der Waals surface area contributed by atoms with Gasteiger partial charge in [0, 0.05) is 18.9 Å². The fraction of sp³-hybridized carbons (Fsp3) is 0.500. The van der Waals surface area contributed by atoms with E-state index >= 15 is 0 Å². The van der Waals surface area contributed by atoms with E-state index in [2.05, 4.69) is 5.32 Å². The molecule has 0 spiro atoms. The molecule has 1 atom stereocenters. The second-order valence-electron chi connectivity index (χ2n) is 4.91. The Morgan fingerprint density at radius 2 is 2.05 bits per heavy atom. The van der Waals surface area contributed by atoms with Gasteiger partial charge in [0.25, 0.3) is 5.69 Å². The Hall–Kier alpha value is -1.67. The highest BCUT2D eigenvalue weighted by atomic mass is 32.2. The maximum atomic E-state index is 11.4. The number of nitrogens with zero attached hydrogens (tertiary/aromatic N) is 1. The molecule has 1 rings (SSSR count). The van der Waals surface area contributed by atoms with Crippen LogP contribution in [-0.2, 0) is 9.84 Å². The van der Waals surface area contributed by atoms with E-state index in [1.807, 2.05) is 0 Å². The maximum Gasteiger partial charge on any atom is 0.293 e. The topological polar surface area (TPSA) is 110 Å². The lowest BCUT2D eigenvalue weighted by Gasteiger charge is -2.22. The van der Waals surface area contributed by atoms with Crippen LogP contribution in [0.4, 0.5) is 11.4 Å². The third kappa shape index (κ3) is 4.17. The van der Waals surface area contributed by atoms with Crippen molar-refractivity contribution in [2.45, 2.75) is 30.8 Å². The number of nitrogens with one attached hydrogen (secondary N) is 1. The fourth-order valence-corrected chi connectivity index (χ4v) is 2.09. The fourth-order valence-electron chi connectivity index (χ4n) is 1.45. The van der Waals surface area contributed by atoms with E-state index in [9.17, 15) is 23.6 Å². The first-order valence-corrected chi connectivity index (χ1v) is 7.91. The highest BCUT2D eigenvalue weighted by Crippen LogP contribution is 2.28. The maximum absolute atomic E-state index is 11.4. The van der Waals surface area contributed by atoms with Crippen molar-refractivity contribution in [2.75, 3.05) is 18.1 Å². The van der Waals surface area contributed by atoms with Crippen molar-refractivity contribution in [3.05, 3.63) is 28.3 Å². The van der Waals surface area contributed by atoms with Gasteiger partial charge in [-0.3, -0.25) is 10.1 Å². The summed E-state index contributed by atoms with van der Waals surface area (Å²) in [5.41, 5.74) is -1.15. The largest absolute Gasteiger partial charge is 0.388 e. The molecule has 0 amide bonds. The van der Waals surface area contributed by atoms with Crippen molar-refractivity contribution in [1.29, 1.82) is 0 Å². The molecule has 0 bridgehead atoms. The average Bonchev–Trinajstić information content (AvgIpc) is 2.35. The number of anilines is 1. The van der Waals surface area contributed by atoms with Gasteiger partial charge in [0.2, 0.25) is 0 Å². The van der Waals surface area contributed by atoms with E-state index in [0.29, 0.717) is 6.42 Å². The van der Waals surface area contributed by atoms with Crippen LogP contribution >= 0.6 is 0 Å². The van der Waals surface area contributed by atoms with Crippen molar-refractivity contribution < 1.29 is 18.4 Å². The summed E-state index contributed by atoms with van der Waals surface area (Å²) in [4.78, 5) is 10.2. The van der Waals surface area contributed by atoms with E-state index in [0.717, 1.165) is 12.3 Å². The van der Waals surface area contributed by atoms with Gasteiger partial charge in [0.05, 0.1) is 15.4 Å². The number of hydrogen-bond donors (Lipinski definition) is 2. The lowest BCUT2D eigenvalue weighted by molar-refractivity contribution is -0.384. The van der Waals surface area contributed by atoms with Gasteiger partial charge in [-0.1, -0.05) is 6.92 Å². The van der Waals surface area contributed by atoms with Crippen molar-refractivity contribution >= 4 is 21.2 Å². The number of rotatable bonds is 6. The van der Waals surface area contributed by atoms with Crippen LogP contribution in [0.15, 0.2) is 23.1 Å². The molecule has 0 aliphatic heterocycles. The minimum atomic E-state index is -3.51. The molecule has 112 valence electrons. The van der Waals surface area contributed by atoms with Crippen LogP contribution in [0.2, 0.25) is 0 Å². The molecule has 0 saturated carbocycles. The SMILES string of the molecule is CC[C@](C)(O)CNc1ccc(S(C)(=O)=O)cc1[N+](=O)[O-]. The minimum Gasteiger partial charge on any atom is -0.388 e. The molecule has 0 fully saturated rings. The highest BCUT2D eigenvalue weighted by molar-refractivity contribution is 7.90. The number of sulfone groups is 1. The van der Waals surface area contributed by atoms with Crippen molar-refractivity contribution in [3.63, 3.8) is 0 Å². The van der Waals surface area contributed by atoms with Gasteiger partial charge >= 0.3 is 0 Å². The van der Waals surface area contributed by atoms with Gasteiger partial charge in [0.1, 0.15) is 5.69 Å². The Labute approximate surface area is 117 Å². The average molecular weight is 302 g/mol. The predicted molar refractivity (Wildman–Crippen MR) is 75.6 cm³/mol. The second kappa shape index (κ2) is 5.76. The first kappa shape index (κ1) is 16.4. The van der Waals surface area contributed by atoms with E-state index in [1.54, 1.807) is 13.8 Å². The smallest absolute Gasteiger partial charge is 0.293 e. The summed E-state index contributed by atoms with van der Waals surface area (Å²) in [6, 6.07) is 3.64. The Balaban J connectivity index is 3.12. The van der Waals surface area contributed by atoms with Crippen LogP contribution in [-0.4, -0.2) is 36.8 Å². The number of benzene rings is 1. The first-order chi connectivity index (χ1) is 9.07. The number of nitro groups is 1. The van der Waals surface area contributed by atoms with Crippen LogP contribution in [0.5, 0.6) is 0 Å². The Morgan fingerprint density at radius 3 is 2.50 bits per heavy atom. The quantitative estimate of drug-likeness (QED) is 0.609. The first-order valence-electron chi connectivity index (χ1n) is 6.01. The zero-order valence-corrected chi connectivity index (χ0v) is 12.4. The molecule has 0 aliphatic rings. The van der Waals surface area contributed by atoms with Gasteiger partial charge in [-0.2, -0.15) is 0 Å². The molecule has 1 aromatic rings. The van der Waals surface area contributed by atoms with Crippen LogP contribution in [0.25, 0.3) is 0 Å². The van der Waals surface area contributed by atoms with E-state index in [-0.39, 0.29) is 22.8 Å². The van der Waals surface area contributed by atoms with Crippen molar-refractivity contribution in [3.8, 4) is 0 Å². The Morgan fingerprint density at radius 1 is 1.45 bits per heavy atom. The molecule has 0 unspecified atom stereocenters. The Bertz CT molecular complexity index is 610. The molecule has 0 radical (unpaired) electrons.